The van der Waals surface area contributed by atoms with Crippen molar-refractivity contribution >= 4 is 5.91 Å². The number of aryl methyl sites for hydroxylation is 2. The van der Waals surface area contributed by atoms with Gasteiger partial charge in [-0.2, -0.15) is 0 Å². The van der Waals surface area contributed by atoms with Crippen LogP contribution in [0.5, 0.6) is 0 Å². The molecule has 0 saturated heterocycles. The van der Waals surface area contributed by atoms with E-state index in [9.17, 15) is 4.79 Å². The first kappa shape index (κ1) is 14.7. The Kier molecular flexibility index (Phi) is 3.65. The van der Waals surface area contributed by atoms with Crippen LogP contribution in [0.1, 0.15) is 28.5 Å². The fourth-order valence-electron chi connectivity index (χ4n) is 3.09. The fraction of sp³-hybridized carbons (Fsp3) is 0.278. The quantitative estimate of drug-likeness (QED) is 0.804. The highest BCUT2D eigenvalue weighted by molar-refractivity contribution is 5.92. The summed E-state index contributed by atoms with van der Waals surface area (Å²) in [7, 11) is 0. The van der Waals surface area contributed by atoms with Crippen LogP contribution in [0, 0.1) is 6.92 Å². The SMILES string of the molecule is Cc1cn2c(n1)CCC(NC(=O)c1cc(-c3ccccc3)no1)C2. The van der Waals surface area contributed by atoms with Gasteiger partial charge in [0.25, 0.3) is 5.91 Å². The first-order chi connectivity index (χ1) is 11.7. The molecule has 1 aliphatic heterocycles. The maximum Gasteiger partial charge on any atom is 0.290 e. The van der Waals surface area contributed by atoms with Gasteiger partial charge in [-0.25, -0.2) is 4.98 Å². The number of nitrogens with zero attached hydrogens (tertiary/aromatic N) is 3. The molecule has 1 aliphatic rings. The van der Waals surface area contributed by atoms with Crippen LogP contribution in [0.15, 0.2) is 47.1 Å². The summed E-state index contributed by atoms with van der Waals surface area (Å²) >= 11 is 0. The number of rotatable bonds is 3. The summed E-state index contributed by atoms with van der Waals surface area (Å²) in [5, 5.41) is 7.02. The van der Waals surface area contributed by atoms with E-state index in [0.29, 0.717) is 5.69 Å². The minimum atomic E-state index is -0.227. The Hall–Kier alpha value is -2.89. The topological polar surface area (TPSA) is 73.0 Å². The van der Waals surface area contributed by atoms with Crippen LogP contribution in [-0.2, 0) is 13.0 Å². The van der Waals surface area contributed by atoms with E-state index in [1.54, 1.807) is 6.07 Å². The van der Waals surface area contributed by atoms with Gasteiger partial charge >= 0.3 is 0 Å². The van der Waals surface area contributed by atoms with Crippen molar-refractivity contribution in [1.82, 2.24) is 20.0 Å². The Balaban J connectivity index is 1.45. The smallest absolute Gasteiger partial charge is 0.290 e. The third-order valence-electron chi connectivity index (χ3n) is 4.25. The molecular formula is C18H18N4O2. The summed E-state index contributed by atoms with van der Waals surface area (Å²) in [5.41, 5.74) is 2.60. The molecule has 0 fully saturated rings. The molecule has 1 amide bonds. The highest BCUT2D eigenvalue weighted by atomic mass is 16.5. The Labute approximate surface area is 139 Å². The first-order valence-corrected chi connectivity index (χ1v) is 8.05. The summed E-state index contributed by atoms with van der Waals surface area (Å²) in [6.07, 6.45) is 3.77. The third kappa shape index (κ3) is 2.82. The van der Waals surface area contributed by atoms with Crippen molar-refractivity contribution in [2.24, 2.45) is 0 Å². The summed E-state index contributed by atoms with van der Waals surface area (Å²) < 4.78 is 7.33. The maximum absolute atomic E-state index is 12.4. The lowest BCUT2D eigenvalue weighted by Crippen LogP contribution is -2.40. The summed E-state index contributed by atoms with van der Waals surface area (Å²) in [6.45, 7) is 2.72. The molecule has 122 valence electrons. The van der Waals surface area contributed by atoms with Crippen molar-refractivity contribution in [1.29, 1.82) is 0 Å². The molecule has 6 nitrogen and oxygen atoms in total. The number of benzene rings is 1. The lowest BCUT2D eigenvalue weighted by atomic mass is 10.1. The van der Waals surface area contributed by atoms with E-state index in [0.717, 1.165) is 36.5 Å². The van der Waals surface area contributed by atoms with Gasteiger partial charge in [-0.1, -0.05) is 35.5 Å². The second-order valence-electron chi connectivity index (χ2n) is 6.10. The van der Waals surface area contributed by atoms with E-state index in [-0.39, 0.29) is 17.7 Å². The van der Waals surface area contributed by atoms with Crippen molar-refractivity contribution in [3.8, 4) is 11.3 Å². The molecule has 3 heterocycles. The zero-order valence-electron chi connectivity index (χ0n) is 13.4. The maximum atomic E-state index is 12.4. The van der Waals surface area contributed by atoms with Gasteiger partial charge in [-0.3, -0.25) is 4.79 Å². The van der Waals surface area contributed by atoms with Gasteiger partial charge in [0.05, 0.1) is 5.69 Å². The molecule has 1 N–H and O–H groups in total. The number of hydrogen-bond acceptors (Lipinski definition) is 4. The van der Waals surface area contributed by atoms with Gasteiger partial charge in [0.1, 0.15) is 11.5 Å². The second-order valence-corrected chi connectivity index (χ2v) is 6.10. The molecule has 2 aromatic heterocycles. The molecule has 0 saturated carbocycles. The number of nitrogens with one attached hydrogen (secondary N) is 1. The number of carbonyl (C=O) groups excluding carboxylic acids is 1. The number of amides is 1. The van der Waals surface area contributed by atoms with E-state index >= 15 is 0 Å². The molecule has 3 aromatic rings. The molecule has 0 bridgehead atoms. The Morgan fingerprint density at radius 3 is 3.00 bits per heavy atom. The fourth-order valence-corrected chi connectivity index (χ4v) is 3.09. The highest BCUT2D eigenvalue weighted by Crippen LogP contribution is 2.19. The van der Waals surface area contributed by atoms with Crippen molar-refractivity contribution in [2.75, 3.05) is 0 Å². The van der Waals surface area contributed by atoms with Gasteiger partial charge in [-0.05, 0) is 13.3 Å². The summed E-state index contributed by atoms with van der Waals surface area (Å²) in [4.78, 5) is 16.9. The molecule has 1 unspecified atom stereocenters. The van der Waals surface area contributed by atoms with Gasteiger partial charge < -0.3 is 14.4 Å². The lowest BCUT2D eigenvalue weighted by Gasteiger charge is -2.24. The van der Waals surface area contributed by atoms with E-state index in [2.05, 4.69) is 20.0 Å². The van der Waals surface area contributed by atoms with Crippen LogP contribution < -0.4 is 5.32 Å². The Morgan fingerprint density at radius 1 is 1.33 bits per heavy atom. The van der Waals surface area contributed by atoms with Crippen LogP contribution in [0.3, 0.4) is 0 Å². The van der Waals surface area contributed by atoms with Crippen molar-refractivity contribution in [3.05, 3.63) is 59.9 Å². The van der Waals surface area contributed by atoms with E-state index in [4.69, 9.17) is 4.52 Å². The molecule has 0 aliphatic carbocycles. The summed E-state index contributed by atoms with van der Waals surface area (Å²) in [6, 6.07) is 11.4. The predicted octanol–water partition coefficient (Wildman–Crippen LogP) is 2.59. The van der Waals surface area contributed by atoms with Crippen LogP contribution in [0.2, 0.25) is 0 Å². The van der Waals surface area contributed by atoms with Crippen LogP contribution in [0.25, 0.3) is 11.3 Å². The molecule has 0 radical (unpaired) electrons. The van der Waals surface area contributed by atoms with E-state index in [1.807, 2.05) is 43.5 Å². The molecular weight excluding hydrogens is 304 g/mol. The minimum Gasteiger partial charge on any atom is -0.350 e. The van der Waals surface area contributed by atoms with E-state index < -0.39 is 0 Å². The Morgan fingerprint density at radius 2 is 2.17 bits per heavy atom. The molecule has 4 rings (SSSR count). The van der Waals surface area contributed by atoms with E-state index in [1.165, 1.54) is 0 Å². The summed E-state index contributed by atoms with van der Waals surface area (Å²) in [5.74, 6) is 1.10. The lowest BCUT2D eigenvalue weighted by molar-refractivity contribution is 0.0890. The number of carbonyl (C=O) groups is 1. The zero-order chi connectivity index (χ0) is 16.5. The van der Waals surface area contributed by atoms with Gasteiger partial charge in [0.2, 0.25) is 5.76 Å². The normalized spacial score (nSPS) is 16.6. The third-order valence-corrected chi connectivity index (χ3v) is 4.25. The number of imidazole rings is 1. The number of hydrogen-bond donors (Lipinski definition) is 1. The van der Waals surface area contributed by atoms with Crippen molar-refractivity contribution in [3.63, 3.8) is 0 Å². The van der Waals surface area contributed by atoms with Crippen molar-refractivity contribution in [2.45, 2.75) is 32.4 Å². The van der Waals surface area contributed by atoms with Crippen LogP contribution in [-0.4, -0.2) is 26.7 Å². The number of fused-ring (bicyclic) bond motifs is 1. The van der Waals surface area contributed by atoms with Crippen LogP contribution >= 0.6 is 0 Å². The minimum absolute atomic E-state index is 0.0730. The standard InChI is InChI=1S/C18H18N4O2/c1-12-10-22-11-14(7-8-17(22)19-12)20-18(23)16-9-15(21-24-16)13-5-3-2-4-6-13/h2-6,9-10,14H,7-8,11H2,1H3,(H,20,23). The largest absolute Gasteiger partial charge is 0.350 e. The average molecular weight is 322 g/mol. The molecule has 1 atom stereocenters. The highest BCUT2D eigenvalue weighted by Gasteiger charge is 2.23. The van der Waals surface area contributed by atoms with Gasteiger partial charge in [-0.15, -0.1) is 0 Å². The van der Waals surface area contributed by atoms with Crippen molar-refractivity contribution < 1.29 is 9.32 Å². The van der Waals surface area contributed by atoms with Gasteiger partial charge in [0.15, 0.2) is 0 Å². The molecule has 1 aromatic carbocycles. The Bertz CT molecular complexity index is 866. The zero-order valence-corrected chi connectivity index (χ0v) is 13.4. The molecule has 0 spiro atoms. The molecule has 24 heavy (non-hydrogen) atoms. The van der Waals surface area contributed by atoms with Gasteiger partial charge in [0, 0.05) is 36.8 Å². The average Bonchev–Trinajstić information content (AvgIpc) is 3.21. The first-order valence-electron chi connectivity index (χ1n) is 8.05. The second kappa shape index (κ2) is 5.96. The molecule has 6 heteroatoms. The predicted molar refractivity (Wildman–Crippen MR) is 88.5 cm³/mol. The monoisotopic (exact) mass is 322 g/mol. The number of aromatic nitrogens is 3. The van der Waals surface area contributed by atoms with Crippen LogP contribution in [0.4, 0.5) is 0 Å².